The molecule has 0 N–H and O–H groups in total. The van der Waals surface area contributed by atoms with Gasteiger partial charge in [-0.25, -0.2) is 0 Å². The number of rotatable bonds is 3. The lowest BCUT2D eigenvalue weighted by Gasteiger charge is -2.45. The Labute approximate surface area is 159 Å². The SMILES string of the molecule is C=CCN1C(=O)S/C(=C\c2cc3c(cc2C)N(C)C(C)(C)CC3C)C1=O. The van der Waals surface area contributed by atoms with E-state index in [1.54, 1.807) is 6.08 Å². The van der Waals surface area contributed by atoms with Crippen molar-refractivity contribution in [1.82, 2.24) is 4.90 Å². The van der Waals surface area contributed by atoms with Gasteiger partial charge < -0.3 is 4.90 Å². The van der Waals surface area contributed by atoms with Crippen LogP contribution in [0.4, 0.5) is 10.5 Å². The Morgan fingerprint density at radius 1 is 1.35 bits per heavy atom. The van der Waals surface area contributed by atoms with Crippen LogP contribution in [0.2, 0.25) is 0 Å². The maximum Gasteiger partial charge on any atom is 0.293 e. The third kappa shape index (κ3) is 3.09. The van der Waals surface area contributed by atoms with Crippen LogP contribution in [0, 0.1) is 6.92 Å². The number of hydrogen-bond acceptors (Lipinski definition) is 4. The largest absolute Gasteiger partial charge is 0.369 e. The van der Waals surface area contributed by atoms with Gasteiger partial charge in [0, 0.05) is 24.8 Å². The lowest BCUT2D eigenvalue weighted by atomic mass is 9.79. The molecule has 2 amide bonds. The zero-order chi connectivity index (χ0) is 19.2. The fraction of sp³-hybridized carbons (Fsp3) is 0.429. The first-order chi connectivity index (χ1) is 12.2. The number of nitrogens with zero attached hydrogens (tertiary/aromatic N) is 2. The Hall–Kier alpha value is -2.01. The second kappa shape index (κ2) is 6.62. The highest BCUT2D eigenvalue weighted by molar-refractivity contribution is 8.18. The minimum Gasteiger partial charge on any atom is -0.369 e. The second-order valence-electron chi connectivity index (χ2n) is 7.83. The van der Waals surface area contributed by atoms with Crippen molar-refractivity contribution in [2.45, 2.75) is 45.6 Å². The Morgan fingerprint density at radius 3 is 2.69 bits per heavy atom. The van der Waals surface area contributed by atoms with Crippen LogP contribution in [0.1, 0.15) is 49.8 Å². The fourth-order valence-electron chi connectivity index (χ4n) is 3.82. The summed E-state index contributed by atoms with van der Waals surface area (Å²) in [7, 11) is 2.14. The summed E-state index contributed by atoms with van der Waals surface area (Å²) in [6, 6.07) is 4.38. The van der Waals surface area contributed by atoms with E-state index in [4.69, 9.17) is 0 Å². The number of fused-ring (bicyclic) bond motifs is 1. The van der Waals surface area contributed by atoms with E-state index >= 15 is 0 Å². The molecule has 2 aliphatic heterocycles. The van der Waals surface area contributed by atoms with Gasteiger partial charge in [-0.15, -0.1) is 6.58 Å². The summed E-state index contributed by atoms with van der Waals surface area (Å²) < 4.78 is 0. The Morgan fingerprint density at radius 2 is 2.04 bits per heavy atom. The highest BCUT2D eigenvalue weighted by Gasteiger charge is 2.36. The summed E-state index contributed by atoms with van der Waals surface area (Å²) in [5.41, 5.74) is 4.79. The standard InChI is InChI=1S/C21H26N2O2S/c1-7-8-23-19(24)18(26-20(23)25)11-15-10-16-14(3)12-21(4,5)22(6)17(16)9-13(15)2/h7,9-11,14H,1,8,12H2,2-6H3/b18-11-. The third-order valence-corrected chi connectivity index (χ3v) is 6.40. The van der Waals surface area contributed by atoms with Crippen molar-refractivity contribution in [3.8, 4) is 0 Å². The molecule has 2 aliphatic rings. The van der Waals surface area contributed by atoms with Crippen molar-refractivity contribution in [3.05, 3.63) is 46.4 Å². The zero-order valence-electron chi connectivity index (χ0n) is 16.1. The molecule has 0 spiro atoms. The minimum absolute atomic E-state index is 0.119. The molecule has 2 heterocycles. The molecule has 0 bridgehead atoms. The number of thioether (sulfide) groups is 1. The normalized spacial score (nSPS) is 23.6. The van der Waals surface area contributed by atoms with Gasteiger partial charge in [0.15, 0.2) is 0 Å². The molecule has 0 aromatic heterocycles. The number of hydrogen-bond donors (Lipinski definition) is 0. The van der Waals surface area contributed by atoms with Crippen LogP contribution in [-0.4, -0.2) is 35.2 Å². The van der Waals surface area contributed by atoms with E-state index < -0.39 is 0 Å². The first-order valence-electron chi connectivity index (χ1n) is 8.90. The molecule has 26 heavy (non-hydrogen) atoms. The highest BCUT2D eigenvalue weighted by atomic mass is 32.2. The maximum atomic E-state index is 12.5. The average Bonchev–Trinajstić information content (AvgIpc) is 2.82. The van der Waals surface area contributed by atoms with Crippen LogP contribution in [0.15, 0.2) is 29.7 Å². The molecular weight excluding hydrogens is 344 g/mol. The molecule has 0 aliphatic carbocycles. The van der Waals surface area contributed by atoms with Gasteiger partial charge in [-0.3, -0.25) is 14.5 Å². The van der Waals surface area contributed by atoms with E-state index in [2.05, 4.69) is 58.4 Å². The Bertz CT molecular complexity index is 826. The van der Waals surface area contributed by atoms with Gasteiger partial charge in [-0.1, -0.05) is 13.0 Å². The molecule has 3 rings (SSSR count). The number of benzene rings is 1. The number of anilines is 1. The van der Waals surface area contributed by atoms with Crippen LogP contribution in [0.25, 0.3) is 6.08 Å². The predicted octanol–water partition coefficient (Wildman–Crippen LogP) is 4.94. The molecule has 1 atom stereocenters. The maximum absolute atomic E-state index is 12.5. The van der Waals surface area contributed by atoms with Gasteiger partial charge in [0.05, 0.1) is 4.91 Å². The molecule has 1 aromatic carbocycles. The van der Waals surface area contributed by atoms with E-state index in [-0.39, 0.29) is 23.2 Å². The molecule has 5 heteroatoms. The van der Waals surface area contributed by atoms with Crippen LogP contribution in [0.3, 0.4) is 0 Å². The number of carbonyl (C=O) groups is 2. The zero-order valence-corrected chi connectivity index (χ0v) is 16.9. The van der Waals surface area contributed by atoms with E-state index in [1.165, 1.54) is 16.2 Å². The monoisotopic (exact) mass is 370 g/mol. The van der Waals surface area contributed by atoms with Gasteiger partial charge in [0.2, 0.25) is 0 Å². The summed E-state index contributed by atoms with van der Waals surface area (Å²) in [6.45, 7) is 12.7. The van der Waals surface area contributed by atoms with Gasteiger partial charge in [0.1, 0.15) is 0 Å². The lowest BCUT2D eigenvalue weighted by Crippen LogP contribution is -2.45. The Balaban J connectivity index is 2.01. The quantitative estimate of drug-likeness (QED) is 0.558. The molecule has 1 saturated heterocycles. The van der Waals surface area contributed by atoms with Crippen molar-refractivity contribution in [1.29, 1.82) is 0 Å². The summed E-state index contributed by atoms with van der Waals surface area (Å²) >= 11 is 1.00. The van der Waals surface area contributed by atoms with Crippen molar-refractivity contribution >= 4 is 34.7 Å². The first kappa shape index (κ1) is 18.8. The van der Waals surface area contributed by atoms with Crippen LogP contribution < -0.4 is 4.90 Å². The number of carbonyl (C=O) groups excluding carboxylic acids is 2. The second-order valence-corrected chi connectivity index (χ2v) is 8.82. The van der Waals surface area contributed by atoms with E-state index in [0.717, 1.165) is 29.3 Å². The highest BCUT2D eigenvalue weighted by Crippen LogP contribution is 2.44. The predicted molar refractivity (Wildman–Crippen MR) is 110 cm³/mol. The lowest BCUT2D eigenvalue weighted by molar-refractivity contribution is -0.122. The summed E-state index contributed by atoms with van der Waals surface area (Å²) in [5, 5.41) is -0.230. The smallest absolute Gasteiger partial charge is 0.293 e. The molecular formula is C21H26N2O2S. The molecule has 1 aromatic rings. The van der Waals surface area contributed by atoms with E-state index in [0.29, 0.717) is 10.8 Å². The summed E-state index contributed by atoms with van der Waals surface area (Å²) in [5.74, 6) is 0.211. The van der Waals surface area contributed by atoms with Crippen LogP contribution >= 0.6 is 11.8 Å². The molecule has 4 nitrogen and oxygen atoms in total. The van der Waals surface area contributed by atoms with Crippen molar-refractivity contribution in [2.24, 2.45) is 0 Å². The van der Waals surface area contributed by atoms with E-state index in [1.807, 2.05) is 6.08 Å². The first-order valence-corrected chi connectivity index (χ1v) is 9.72. The average molecular weight is 371 g/mol. The van der Waals surface area contributed by atoms with Gasteiger partial charge in [-0.2, -0.15) is 0 Å². The molecule has 138 valence electrons. The molecule has 1 unspecified atom stereocenters. The molecule has 0 saturated carbocycles. The number of amides is 2. The van der Waals surface area contributed by atoms with Gasteiger partial charge >= 0.3 is 0 Å². The van der Waals surface area contributed by atoms with Crippen molar-refractivity contribution in [3.63, 3.8) is 0 Å². The number of aryl methyl sites for hydroxylation is 1. The topological polar surface area (TPSA) is 40.6 Å². The minimum atomic E-state index is -0.233. The fourth-order valence-corrected chi connectivity index (χ4v) is 4.66. The Kier molecular flexibility index (Phi) is 4.78. The van der Waals surface area contributed by atoms with Crippen molar-refractivity contribution < 1.29 is 9.59 Å². The molecule has 1 fully saturated rings. The van der Waals surface area contributed by atoms with Crippen LogP contribution in [0.5, 0.6) is 0 Å². The van der Waals surface area contributed by atoms with Gasteiger partial charge in [-0.05, 0) is 79.8 Å². The summed E-state index contributed by atoms with van der Waals surface area (Å²) in [4.78, 5) is 28.6. The molecule has 0 radical (unpaired) electrons. The van der Waals surface area contributed by atoms with Crippen molar-refractivity contribution in [2.75, 3.05) is 18.5 Å². The summed E-state index contributed by atoms with van der Waals surface area (Å²) in [6.07, 6.45) is 4.51. The number of imide groups is 1. The van der Waals surface area contributed by atoms with Crippen LogP contribution in [-0.2, 0) is 4.79 Å². The van der Waals surface area contributed by atoms with Gasteiger partial charge in [0.25, 0.3) is 11.1 Å². The third-order valence-electron chi connectivity index (χ3n) is 5.49. The van der Waals surface area contributed by atoms with E-state index in [9.17, 15) is 9.59 Å².